The van der Waals surface area contributed by atoms with Crippen molar-refractivity contribution in [2.75, 3.05) is 26.7 Å². The molecular formula is C14H23N3O2S. The Bertz CT molecular complexity index is 428. The average Bonchev–Trinajstić information content (AvgIpc) is 2.73. The standard InChI is InChI=1S/C14H23N3O2S/c1-3-19-14(18)13-16-11(10-20-13)9-17(2)12-5-4-7-15-8-6-12/h10,12,15H,3-9H2,1-2H3. The summed E-state index contributed by atoms with van der Waals surface area (Å²) in [6.07, 6.45) is 3.61. The molecule has 0 aromatic carbocycles. The molecule has 0 aliphatic carbocycles. The van der Waals surface area contributed by atoms with Crippen LogP contribution in [0.2, 0.25) is 0 Å². The van der Waals surface area contributed by atoms with Crippen LogP contribution < -0.4 is 5.32 Å². The predicted octanol–water partition coefficient (Wildman–Crippen LogP) is 1.89. The van der Waals surface area contributed by atoms with Gasteiger partial charge in [-0.05, 0) is 46.3 Å². The lowest BCUT2D eigenvalue weighted by atomic mass is 10.1. The molecule has 5 nitrogen and oxygen atoms in total. The maximum atomic E-state index is 11.6. The van der Waals surface area contributed by atoms with Crippen LogP contribution in [0, 0.1) is 0 Å². The summed E-state index contributed by atoms with van der Waals surface area (Å²) in [4.78, 5) is 18.3. The lowest BCUT2D eigenvalue weighted by molar-refractivity contribution is 0.0525. The molecule has 112 valence electrons. The summed E-state index contributed by atoms with van der Waals surface area (Å²) in [6, 6.07) is 0.595. The van der Waals surface area contributed by atoms with Crippen molar-refractivity contribution in [3.8, 4) is 0 Å². The molecule has 0 amide bonds. The summed E-state index contributed by atoms with van der Waals surface area (Å²) in [5.74, 6) is -0.315. The van der Waals surface area contributed by atoms with Crippen molar-refractivity contribution < 1.29 is 9.53 Å². The van der Waals surface area contributed by atoms with Crippen molar-refractivity contribution in [3.63, 3.8) is 0 Å². The quantitative estimate of drug-likeness (QED) is 0.841. The Morgan fingerprint density at radius 1 is 1.55 bits per heavy atom. The minimum absolute atomic E-state index is 0.315. The fraction of sp³-hybridized carbons (Fsp3) is 0.714. The van der Waals surface area contributed by atoms with E-state index in [0.717, 1.165) is 25.3 Å². The summed E-state index contributed by atoms with van der Waals surface area (Å²) in [7, 11) is 2.14. The molecule has 0 spiro atoms. The maximum Gasteiger partial charge on any atom is 0.367 e. The lowest BCUT2D eigenvalue weighted by Gasteiger charge is -2.25. The minimum atomic E-state index is -0.315. The molecule has 0 radical (unpaired) electrons. The number of carbonyl (C=O) groups is 1. The number of esters is 1. The van der Waals surface area contributed by atoms with Gasteiger partial charge in [-0.1, -0.05) is 0 Å². The zero-order chi connectivity index (χ0) is 14.4. The number of hydrogen-bond donors (Lipinski definition) is 1. The Hall–Kier alpha value is -0.980. The number of ether oxygens (including phenoxy) is 1. The molecule has 1 N–H and O–H groups in total. The van der Waals surface area contributed by atoms with Crippen LogP contribution >= 0.6 is 11.3 Å². The summed E-state index contributed by atoms with van der Waals surface area (Å²) in [6.45, 7) is 5.19. The summed E-state index contributed by atoms with van der Waals surface area (Å²) < 4.78 is 4.97. The van der Waals surface area contributed by atoms with Crippen LogP contribution in [0.1, 0.15) is 41.7 Å². The Morgan fingerprint density at radius 3 is 3.20 bits per heavy atom. The van der Waals surface area contributed by atoms with E-state index in [1.54, 1.807) is 6.92 Å². The van der Waals surface area contributed by atoms with E-state index in [-0.39, 0.29) is 5.97 Å². The SMILES string of the molecule is CCOC(=O)c1nc(CN(C)C2CCCNCC2)cs1. The molecule has 1 aromatic rings. The third-order valence-electron chi connectivity index (χ3n) is 3.58. The average molecular weight is 297 g/mol. The van der Waals surface area contributed by atoms with E-state index in [4.69, 9.17) is 4.74 Å². The molecule has 1 unspecified atom stereocenters. The Morgan fingerprint density at radius 2 is 2.40 bits per heavy atom. The van der Waals surface area contributed by atoms with Crippen molar-refractivity contribution in [1.82, 2.24) is 15.2 Å². The van der Waals surface area contributed by atoms with Crippen molar-refractivity contribution in [1.29, 1.82) is 0 Å². The van der Waals surface area contributed by atoms with E-state index >= 15 is 0 Å². The van der Waals surface area contributed by atoms with E-state index in [0.29, 0.717) is 17.7 Å². The zero-order valence-corrected chi connectivity index (χ0v) is 13.0. The van der Waals surface area contributed by atoms with Gasteiger partial charge in [0.1, 0.15) is 0 Å². The van der Waals surface area contributed by atoms with Gasteiger partial charge in [0.05, 0.1) is 12.3 Å². The molecule has 1 aliphatic heterocycles. The van der Waals surface area contributed by atoms with Crippen LogP contribution in [0.25, 0.3) is 0 Å². The van der Waals surface area contributed by atoms with Gasteiger partial charge in [0.2, 0.25) is 5.01 Å². The molecule has 1 atom stereocenters. The van der Waals surface area contributed by atoms with Crippen LogP contribution in [0.15, 0.2) is 5.38 Å². The number of aromatic nitrogens is 1. The number of carbonyl (C=O) groups excluding carboxylic acids is 1. The molecule has 0 bridgehead atoms. The fourth-order valence-corrected chi connectivity index (χ4v) is 3.19. The van der Waals surface area contributed by atoms with Gasteiger partial charge in [-0.2, -0.15) is 0 Å². The van der Waals surface area contributed by atoms with E-state index < -0.39 is 0 Å². The fourth-order valence-electron chi connectivity index (χ4n) is 2.49. The number of nitrogens with zero attached hydrogens (tertiary/aromatic N) is 2. The molecule has 1 aromatic heterocycles. The van der Waals surface area contributed by atoms with Gasteiger partial charge in [0, 0.05) is 18.0 Å². The maximum absolute atomic E-state index is 11.6. The predicted molar refractivity (Wildman–Crippen MR) is 80.0 cm³/mol. The van der Waals surface area contributed by atoms with Crippen LogP contribution in [0.3, 0.4) is 0 Å². The second-order valence-corrected chi connectivity index (χ2v) is 5.97. The first kappa shape index (κ1) is 15.4. The highest BCUT2D eigenvalue weighted by molar-refractivity contribution is 7.11. The molecule has 6 heteroatoms. The van der Waals surface area contributed by atoms with E-state index in [2.05, 4.69) is 22.2 Å². The first-order valence-corrected chi connectivity index (χ1v) is 8.11. The second kappa shape index (κ2) is 7.71. The number of nitrogens with one attached hydrogen (secondary N) is 1. The number of hydrogen-bond acceptors (Lipinski definition) is 6. The van der Waals surface area contributed by atoms with Crippen LogP contribution in [-0.2, 0) is 11.3 Å². The Balaban J connectivity index is 1.90. The topological polar surface area (TPSA) is 54.5 Å². The highest BCUT2D eigenvalue weighted by atomic mass is 32.1. The normalized spacial score (nSPS) is 19.9. The minimum Gasteiger partial charge on any atom is -0.461 e. The molecular weight excluding hydrogens is 274 g/mol. The highest BCUT2D eigenvalue weighted by Crippen LogP contribution is 2.17. The summed E-state index contributed by atoms with van der Waals surface area (Å²) >= 11 is 1.37. The van der Waals surface area contributed by atoms with Gasteiger partial charge in [-0.3, -0.25) is 4.90 Å². The van der Waals surface area contributed by atoms with Gasteiger partial charge in [0.15, 0.2) is 0 Å². The van der Waals surface area contributed by atoms with Crippen molar-refractivity contribution in [3.05, 3.63) is 16.1 Å². The number of thiazole rings is 1. The van der Waals surface area contributed by atoms with Gasteiger partial charge in [-0.15, -0.1) is 11.3 Å². The number of rotatable bonds is 5. The van der Waals surface area contributed by atoms with Gasteiger partial charge in [-0.25, -0.2) is 9.78 Å². The first-order valence-electron chi connectivity index (χ1n) is 7.23. The smallest absolute Gasteiger partial charge is 0.367 e. The van der Waals surface area contributed by atoms with Crippen molar-refractivity contribution in [2.45, 2.75) is 38.8 Å². The third kappa shape index (κ3) is 4.26. The highest BCUT2D eigenvalue weighted by Gasteiger charge is 2.19. The monoisotopic (exact) mass is 297 g/mol. The van der Waals surface area contributed by atoms with Crippen molar-refractivity contribution >= 4 is 17.3 Å². The Kier molecular flexibility index (Phi) is 5.94. The first-order chi connectivity index (χ1) is 9.70. The molecule has 0 saturated carbocycles. The third-order valence-corrected chi connectivity index (χ3v) is 4.45. The molecule has 1 saturated heterocycles. The van der Waals surface area contributed by atoms with E-state index in [9.17, 15) is 4.79 Å². The molecule has 1 fully saturated rings. The van der Waals surface area contributed by atoms with Gasteiger partial charge >= 0.3 is 5.97 Å². The van der Waals surface area contributed by atoms with Gasteiger partial charge < -0.3 is 10.1 Å². The van der Waals surface area contributed by atoms with Gasteiger partial charge in [0.25, 0.3) is 0 Å². The molecule has 2 heterocycles. The van der Waals surface area contributed by atoms with Crippen LogP contribution in [0.5, 0.6) is 0 Å². The summed E-state index contributed by atoms with van der Waals surface area (Å²) in [5.41, 5.74) is 0.956. The van der Waals surface area contributed by atoms with Crippen LogP contribution in [0.4, 0.5) is 0 Å². The van der Waals surface area contributed by atoms with E-state index in [1.165, 1.54) is 30.6 Å². The molecule has 20 heavy (non-hydrogen) atoms. The second-order valence-electron chi connectivity index (χ2n) is 5.11. The molecule has 2 rings (SSSR count). The van der Waals surface area contributed by atoms with Crippen molar-refractivity contribution in [2.24, 2.45) is 0 Å². The zero-order valence-electron chi connectivity index (χ0n) is 12.2. The lowest BCUT2D eigenvalue weighted by Crippen LogP contribution is -2.32. The van der Waals surface area contributed by atoms with E-state index in [1.807, 2.05) is 5.38 Å². The largest absolute Gasteiger partial charge is 0.461 e. The summed E-state index contributed by atoms with van der Waals surface area (Å²) in [5, 5.41) is 5.84. The van der Waals surface area contributed by atoms with Crippen LogP contribution in [-0.4, -0.2) is 48.6 Å². The Labute approximate surface area is 124 Å². The molecule has 1 aliphatic rings.